The van der Waals surface area contributed by atoms with Crippen LogP contribution in [0.5, 0.6) is 0 Å². The van der Waals surface area contributed by atoms with Crippen molar-refractivity contribution in [3.8, 4) is 11.3 Å². The fraction of sp³-hybridized carbons (Fsp3) is 0.364. The smallest absolute Gasteiger partial charge is 0.228 e. The van der Waals surface area contributed by atoms with Crippen molar-refractivity contribution in [1.82, 2.24) is 20.0 Å². The van der Waals surface area contributed by atoms with E-state index in [0.717, 1.165) is 48.7 Å². The van der Waals surface area contributed by atoms with Crippen molar-refractivity contribution < 1.29 is 9.21 Å². The molecule has 5 rings (SSSR count). The number of nitrogens with zero attached hydrogens (tertiary/aromatic N) is 3. The number of furan rings is 1. The Morgan fingerprint density at radius 1 is 1.24 bits per heavy atom. The van der Waals surface area contributed by atoms with Gasteiger partial charge in [0.25, 0.3) is 0 Å². The second-order valence-corrected chi connectivity index (χ2v) is 7.75. The van der Waals surface area contributed by atoms with Crippen LogP contribution in [-0.4, -0.2) is 40.2 Å². The van der Waals surface area contributed by atoms with Crippen LogP contribution in [0.4, 0.5) is 0 Å². The van der Waals surface area contributed by atoms with Crippen LogP contribution in [0.2, 0.25) is 0 Å². The third-order valence-electron chi connectivity index (χ3n) is 5.94. The van der Waals surface area contributed by atoms with Gasteiger partial charge < -0.3 is 14.6 Å². The Kier molecular flexibility index (Phi) is 5.48. The molecule has 1 aromatic carbocycles. The Hall–Kier alpha value is -2.57. The molecule has 0 unspecified atom stereocenters. The maximum Gasteiger partial charge on any atom is 0.228 e. The van der Waals surface area contributed by atoms with Crippen molar-refractivity contribution in [2.45, 2.75) is 18.9 Å². The van der Waals surface area contributed by atoms with E-state index in [-0.39, 0.29) is 30.2 Å². The van der Waals surface area contributed by atoms with Crippen LogP contribution in [0.15, 0.2) is 53.2 Å². The van der Waals surface area contributed by atoms with Gasteiger partial charge in [0, 0.05) is 44.4 Å². The van der Waals surface area contributed by atoms with Gasteiger partial charge in [-0.15, -0.1) is 12.4 Å². The minimum absolute atomic E-state index is 0. The molecule has 152 valence electrons. The van der Waals surface area contributed by atoms with Gasteiger partial charge in [-0.1, -0.05) is 30.3 Å². The lowest BCUT2D eigenvalue weighted by atomic mass is 9.89. The first-order valence-corrected chi connectivity index (χ1v) is 9.84. The molecule has 0 saturated carbocycles. The number of aryl methyl sites for hydroxylation is 1. The number of amides is 1. The fourth-order valence-electron chi connectivity index (χ4n) is 4.41. The minimum Gasteiger partial charge on any atom is -0.459 e. The average Bonchev–Trinajstić information content (AvgIpc) is 3.46. The number of hydrogen-bond acceptors (Lipinski definition) is 4. The van der Waals surface area contributed by atoms with Crippen LogP contribution >= 0.6 is 12.4 Å². The molecule has 0 spiro atoms. The summed E-state index contributed by atoms with van der Waals surface area (Å²) in [6.07, 6.45) is 4.74. The van der Waals surface area contributed by atoms with Crippen molar-refractivity contribution in [1.29, 1.82) is 0 Å². The second kappa shape index (κ2) is 8.05. The largest absolute Gasteiger partial charge is 0.459 e. The van der Waals surface area contributed by atoms with Crippen molar-refractivity contribution in [3.05, 3.63) is 65.7 Å². The highest BCUT2D eigenvalue weighted by molar-refractivity contribution is 5.85. The second-order valence-electron chi connectivity index (χ2n) is 7.75. The zero-order valence-corrected chi connectivity index (χ0v) is 17.2. The summed E-state index contributed by atoms with van der Waals surface area (Å²) in [5, 5.41) is 7.66. The Bertz CT molecular complexity index is 997. The summed E-state index contributed by atoms with van der Waals surface area (Å²) < 4.78 is 7.93. The Morgan fingerprint density at radius 2 is 2.07 bits per heavy atom. The van der Waals surface area contributed by atoms with E-state index in [4.69, 9.17) is 4.42 Å². The van der Waals surface area contributed by atoms with E-state index in [1.807, 2.05) is 42.5 Å². The lowest BCUT2D eigenvalue weighted by Crippen LogP contribution is -2.41. The molecule has 0 bridgehead atoms. The van der Waals surface area contributed by atoms with Crippen LogP contribution in [-0.2, 0) is 24.8 Å². The van der Waals surface area contributed by atoms with Crippen molar-refractivity contribution >= 4 is 18.3 Å². The van der Waals surface area contributed by atoms with Gasteiger partial charge in [-0.3, -0.25) is 9.48 Å². The van der Waals surface area contributed by atoms with Gasteiger partial charge in [-0.05, 0) is 23.6 Å². The van der Waals surface area contributed by atoms with Crippen LogP contribution in [0.3, 0.4) is 0 Å². The van der Waals surface area contributed by atoms with Crippen molar-refractivity contribution in [2.75, 3.05) is 19.6 Å². The molecule has 0 radical (unpaired) electrons. The maximum absolute atomic E-state index is 13.3. The van der Waals surface area contributed by atoms with Gasteiger partial charge in [0.1, 0.15) is 11.5 Å². The number of carbonyl (C=O) groups excluding carboxylic acids is 1. The van der Waals surface area contributed by atoms with E-state index >= 15 is 0 Å². The normalized spacial score (nSPS) is 20.9. The van der Waals surface area contributed by atoms with Gasteiger partial charge in [0.2, 0.25) is 5.91 Å². The maximum atomic E-state index is 13.3. The summed E-state index contributed by atoms with van der Waals surface area (Å²) >= 11 is 0. The summed E-state index contributed by atoms with van der Waals surface area (Å²) in [7, 11) is 1.91. The standard InChI is InChI=1S/C22H24N4O2.ClH/c1-25-13-17(10-24-25)18-11-23-12-19(18)22(27)26-8-7-16-9-20(28-21(16)14-26)15-5-3-2-4-6-15;/h2-6,9-10,13,18-19,23H,7-8,11-12,14H2,1H3;1H/t18-,19+;/m1./s1. The first kappa shape index (κ1) is 19.7. The van der Waals surface area contributed by atoms with E-state index in [2.05, 4.69) is 28.6 Å². The van der Waals surface area contributed by atoms with E-state index < -0.39 is 0 Å². The van der Waals surface area contributed by atoms with E-state index in [1.165, 1.54) is 5.56 Å². The molecule has 1 N–H and O–H groups in total. The van der Waals surface area contributed by atoms with Crippen LogP contribution in [0.25, 0.3) is 11.3 Å². The van der Waals surface area contributed by atoms with Gasteiger partial charge >= 0.3 is 0 Å². The predicted octanol–water partition coefficient (Wildman–Crippen LogP) is 2.99. The van der Waals surface area contributed by atoms with Gasteiger partial charge in [-0.2, -0.15) is 5.10 Å². The van der Waals surface area contributed by atoms with E-state index in [9.17, 15) is 4.79 Å². The summed E-state index contributed by atoms with van der Waals surface area (Å²) in [4.78, 5) is 15.3. The Labute approximate surface area is 176 Å². The lowest BCUT2D eigenvalue weighted by Gasteiger charge is -2.30. The Balaban J connectivity index is 0.00000205. The van der Waals surface area contributed by atoms with Gasteiger partial charge in [0.05, 0.1) is 18.7 Å². The van der Waals surface area contributed by atoms with Crippen molar-refractivity contribution in [2.24, 2.45) is 13.0 Å². The molecule has 2 atom stereocenters. The molecular weight excluding hydrogens is 388 g/mol. The predicted molar refractivity (Wildman–Crippen MR) is 113 cm³/mol. The molecule has 1 fully saturated rings. The molecule has 2 aliphatic heterocycles. The van der Waals surface area contributed by atoms with E-state index in [1.54, 1.807) is 4.68 Å². The molecule has 7 heteroatoms. The highest BCUT2D eigenvalue weighted by Crippen LogP contribution is 2.33. The van der Waals surface area contributed by atoms with Crippen LogP contribution < -0.4 is 5.32 Å². The fourth-order valence-corrected chi connectivity index (χ4v) is 4.41. The van der Waals surface area contributed by atoms with E-state index in [0.29, 0.717) is 6.54 Å². The SMILES string of the molecule is Cl.Cn1cc([C@H]2CNC[C@@H]2C(=O)N2CCc3cc(-c4ccccc4)oc3C2)cn1. The summed E-state index contributed by atoms with van der Waals surface area (Å²) in [5.74, 6) is 2.15. The topological polar surface area (TPSA) is 63.3 Å². The molecule has 2 aliphatic rings. The molecule has 3 aromatic rings. The van der Waals surface area contributed by atoms with Gasteiger partial charge in [-0.25, -0.2) is 0 Å². The van der Waals surface area contributed by atoms with Crippen LogP contribution in [0, 0.1) is 5.92 Å². The number of rotatable bonds is 3. The summed E-state index contributed by atoms with van der Waals surface area (Å²) in [6.45, 7) is 2.84. The third-order valence-corrected chi connectivity index (χ3v) is 5.94. The molecule has 1 saturated heterocycles. The number of hydrogen-bond donors (Lipinski definition) is 1. The van der Waals surface area contributed by atoms with Gasteiger partial charge in [0.15, 0.2) is 0 Å². The highest BCUT2D eigenvalue weighted by atomic mass is 35.5. The molecule has 2 aromatic heterocycles. The average molecular weight is 413 g/mol. The molecule has 0 aliphatic carbocycles. The molecule has 6 nitrogen and oxygen atoms in total. The number of halogens is 1. The number of fused-ring (bicyclic) bond motifs is 1. The third kappa shape index (κ3) is 3.70. The highest BCUT2D eigenvalue weighted by Gasteiger charge is 2.38. The summed E-state index contributed by atoms with van der Waals surface area (Å²) in [5.41, 5.74) is 3.43. The molecular formula is C22H25ClN4O2. The molecule has 4 heterocycles. The molecule has 1 amide bonds. The van der Waals surface area contributed by atoms with Crippen molar-refractivity contribution in [3.63, 3.8) is 0 Å². The number of benzene rings is 1. The Morgan fingerprint density at radius 3 is 2.83 bits per heavy atom. The quantitative estimate of drug-likeness (QED) is 0.718. The number of carbonyl (C=O) groups is 1. The monoisotopic (exact) mass is 412 g/mol. The lowest BCUT2D eigenvalue weighted by molar-refractivity contribution is -0.136. The van der Waals surface area contributed by atoms with Crippen LogP contribution in [0.1, 0.15) is 22.8 Å². The first-order chi connectivity index (χ1) is 13.7. The zero-order valence-electron chi connectivity index (χ0n) is 16.4. The zero-order chi connectivity index (χ0) is 19.1. The summed E-state index contributed by atoms with van der Waals surface area (Å²) in [6, 6.07) is 12.3. The minimum atomic E-state index is -0.0469. The first-order valence-electron chi connectivity index (χ1n) is 9.84. The number of nitrogens with one attached hydrogen (secondary N) is 1. The number of aromatic nitrogens is 2. The molecule has 29 heavy (non-hydrogen) atoms.